The topological polar surface area (TPSA) is 35.2 Å². The summed E-state index contributed by atoms with van der Waals surface area (Å²) in [6.45, 7) is -0.205. The summed E-state index contributed by atoms with van der Waals surface area (Å²) in [5, 5.41) is 0. The summed E-state index contributed by atoms with van der Waals surface area (Å²) >= 11 is 7.83. The van der Waals surface area contributed by atoms with E-state index < -0.39 is 11.6 Å². The molecule has 0 radical (unpaired) electrons. The van der Waals surface area contributed by atoms with Crippen LogP contribution in [0.5, 0.6) is 5.75 Å². The van der Waals surface area contributed by atoms with Gasteiger partial charge in [0, 0.05) is 5.56 Å². The normalized spacial score (nSPS) is 10.3. The molecule has 0 saturated carbocycles. The van der Waals surface area contributed by atoms with Gasteiger partial charge < -0.3 is 10.5 Å². The number of rotatable bonds is 4. The second-order valence-electron chi connectivity index (χ2n) is 4.00. The molecule has 0 bridgehead atoms. The van der Waals surface area contributed by atoms with Crippen molar-refractivity contribution in [2.75, 3.05) is 0 Å². The Morgan fingerprint density at radius 1 is 1.15 bits per heavy atom. The summed E-state index contributed by atoms with van der Waals surface area (Å²) in [5.74, 6) is -0.834. The molecule has 2 aromatic rings. The molecule has 2 nitrogen and oxygen atoms in total. The molecule has 2 aromatic carbocycles. The van der Waals surface area contributed by atoms with Crippen LogP contribution in [0.2, 0.25) is 0 Å². The van der Waals surface area contributed by atoms with Crippen LogP contribution in [-0.2, 0) is 6.61 Å². The number of benzene rings is 2. The van der Waals surface area contributed by atoms with Crippen molar-refractivity contribution >= 4 is 33.1 Å². The molecule has 20 heavy (non-hydrogen) atoms. The average molecular weight is 358 g/mol. The molecule has 0 amide bonds. The SMILES string of the molecule is NC(=S)c1ccc(OCc2c(F)ccc(Br)c2F)cc1. The molecule has 0 aliphatic carbocycles. The van der Waals surface area contributed by atoms with E-state index in [0.29, 0.717) is 11.3 Å². The van der Waals surface area contributed by atoms with Crippen LogP contribution in [0, 0.1) is 11.6 Å². The maximum Gasteiger partial charge on any atom is 0.146 e. The van der Waals surface area contributed by atoms with Crippen molar-refractivity contribution in [3.63, 3.8) is 0 Å². The van der Waals surface area contributed by atoms with E-state index in [2.05, 4.69) is 15.9 Å². The van der Waals surface area contributed by atoms with Gasteiger partial charge in [0.15, 0.2) is 0 Å². The molecule has 0 heterocycles. The van der Waals surface area contributed by atoms with Crippen molar-refractivity contribution in [2.45, 2.75) is 6.61 Å². The number of thiocarbonyl (C=S) groups is 1. The minimum atomic E-state index is -0.662. The first-order valence-corrected chi connectivity index (χ1v) is 6.84. The highest BCUT2D eigenvalue weighted by Crippen LogP contribution is 2.23. The van der Waals surface area contributed by atoms with Gasteiger partial charge in [-0.15, -0.1) is 0 Å². The fourth-order valence-corrected chi connectivity index (χ4v) is 2.08. The smallest absolute Gasteiger partial charge is 0.146 e. The zero-order valence-corrected chi connectivity index (χ0v) is 12.6. The van der Waals surface area contributed by atoms with Crippen molar-refractivity contribution in [1.29, 1.82) is 0 Å². The second kappa shape index (κ2) is 6.28. The zero-order valence-electron chi connectivity index (χ0n) is 10.2. The highest BCUT2D eigenvalue weighted by molar-refractivity contribution is 9.10. The first kappa shape index (κ1) is 14.9. The first-order chi connectivity index (χ1) is 9.49. The zero-order chi connectivity index (χ0) is 14.7. The summed E-state index contributed by atoms with van der Waals surface area (Å²) in [4.78, 5) is 0.278. The Hall–Kier alpha value is -1.53. The van der Waals surface area contributed by atoms with Crippen molar-refractivity contribution in [1.82, 2.24) is 0 Å². The summed E-state index contributed by atoms with van der Waals surface area (Å²) in [6, 6.07) is 9.15. The van der Waals surface area contributed by atoms with Gasteiger partial charge in [-0.2, -0.15) is 0 Å². The molecule has 0 aromatic heterocycles. The summed E-state index contributed by atoms with van der Waals surface area (Å²) in [7, 11) is 0. The molecule has 0 fully saturated rings. The Balaban J connectivity index is 2.13. The van der Waals surface area contributed by atoms with E-state index in [4.69, 9.17) is 22.7 Å². The minimum absolute atomic E-state index is 0.127. The van der Waals surface area contributed by atoms with E-state index in [9.17, 15) is 8.78 Å². The van der Waals surface area contributed by atoms with Crippen LogP contribution in [-0.4, -0.2) is 4.99 Å². The Bertz CT molecular complexity index is 646. The van der Waals surface area contributed by atoms with Gasteiger partial charge in [0.05, 0.1) is 10.0 Å². The third kappa shape index (κ3) is 3.32. The average Bonchev–Trinajstić information content (AvgIpc) is 2.43. The molecule has 104 valence electrons. The van der Waals surface area contributed by atoms with Crippen LogP contribution in [0.25, 0.3) is 0 Å². The molecule has 0 saturated heterocycles. The van der Waals surface area contributed by atoms with E-state index in [1.807, 2.05) is 0 Å². The molecule has 6 heteroatoms. The van der Waals surface area contributed by atoms with E-state index in [1.165, 1.54) is 12.1 Å². The lowest BCUT2D eigenvalue weighted by atomic mass is 10.2. The van der Waals surface area contributed by atoms with Gasteiger partial charge in [-0.1, -0.05) is 12.2 Å². The third-order valence-electron chi connectivity index (χ3n) is 2.66. The van der Waals surface area contributed by atoms with Crippen molar-refractivity contribution < 1.29 is 13.5 Å². The van der Waals surface area contributed by atoms with Crippen molar-refractivity contribution in [3.05, 3.63) is 63.6 Å². The van der Waals surface area contributed by atoms with Gasteiger partial charge in [0.1, 0.15) is 29.0 Å². The molecule has 2 N–H and O–H groups in total. The molecule has 0 spiro atoms. The van der Waals surface area contributed by atoms with Crippen molar-refractivity contribution in [3.8, 4) is 5.75 Å². The summed E-state index contributed by atoms with van der Waals surface area (Å²) in [5.41, 5.74) is 6.05. The lowest BCUT2D eigenvalue weighted by molar-refractivity contribution is 0.292. The van der Waals surface area contributed by atoms with Gasteiger partial charge in [-0.25, -0.2) is 8.78 Å². The van der Waals surface area contributed by atoms with Crippen LogP contribution in [0.3, 0.4) is 0 Å². The predicted octanol–water partition coefficient (Wildman–Crippen LogP) is 3.94. The molecular formula is C14H10BrF2NOS. The van der Waals surface area contributed by atoms with Crippen LogP contribution in [0.15, 0.2) is 40.9 Å². The fraction of sp³-hybridized carbons (Fsp3) is 0.0714. The van der Waals surface area contributed by atoms with Gasteiger partial charge in [0.2, 0.25) is 0 Å². The lowest BCUT2D eigenvalue weighted by Gasteiger charge is -2.09. The highest BCUT2D eigenvalue weighted by atomic mass is 79.9. The Labute approximate surface area is 128 Å². The monoisotopic (exact) mass is 357 g/mol. The molecule has 0 aliphatic heterocycles. The molecule has 0 unspecified atom stereocenters. The van der Waals surface area contributed by atoms with Gasteiger partial charge in [-0.3, -0.25) is 0 Å². The van der Waals surface area contributed by atoms with E-state index >= 15 is 0 Å². The van der Waals surface area contributed by atoms with Gasteiger partial charge >= 0.3 is 0 Å². The molecule has 0 atom stereocenters. The largest absolute Gasteiger partial charge is 0.489 e. The third-order valence-corrected chi connectivity index (χ3v) is 3.51. The van der Waals surface area contributed by atoms with Crippen LogP contribution < -0.4 is 10.5 Å². The standard InChI is InChI=1S/C14H10BrF2NOS/c15-11-5-6-12(16)10(13(11)17)7-19-9-3-1-8(2-4-9)14(18)20/h1-6H,7H2,(H2,18,20). The summed E-state index contributed by atoms with van der Waals surface area (Å²) < 4.78 is 32.8. The van der Waals surface area contributed by atoms with Crippen LogP contribution >= 0.6 is 28.1 Å². The maximum atomic E-state index is 13.7. The van der Waals surface area contributed by atoms with Crippen molar-refractivity contribution in [2.24, 2.45) is 5.73 Å². The number of nitrogens with two attached hydrogens (primary N) is 1. The molecular weight excluding hydrogens is 348 g/mol. The lowest BCUT2D eigenvalue weighted by Crippen LogP contribution is -2.09. The van der Waals surface area contributed by atoms with E-state index in [-0.39, 0.29) is 21.6 Å². The van der Waals surface area contributed by atoms with E-state index in [0.717, 1.165) is 0 Å². The highest BCUT2D eigenvalue weighted by Gasteiger charge is 2.13. The minimum Gasteiger partial charge on any atom is -0.489 e. The first-order valence-electron chi connectivity index (χ1n) is 5.64. The van der Waals surface area contributed by atoms with Crippen LogP contribution in [0.1, 0.15) is 11.1 Å². The number of halogens is 3. The fourth-order valence-electron chi connectivity index (χ4n) is 1.57. The molecule has 0 aliphatic rings. The van der Waals surface area contributed by atoms with Gasteiger partial charge in [0.25, 0.3) is 0 Å². The number of ether oxygens (including phenoxy) is 1. The predicted molar refractivity (Wildman–Crippen MR) is 80.7 cm³/mol. The van der Waals surface area contributed by atoms with Crippen LogP contribution in [0.4, 0.5) is 8.78 Å². The van der Waals surface area contributed by atoms with Gasteiger partial charge in [-0.05, 0) is 52.3 Å². The maximum absolute atomic E-state index is 13.7. The summed E-state index contributed by atoms with van der Waals surface area (Å²) in [6.07, 6.45) is 0. The molecule has 2 rings (SSSR count). The Morgan fingerprint density at radius 3 is 2.40 bits per heavy atom. The second-order valence-corrected chi connectivity index (χ2v) is 5.29. The number of hydrogen-bond donors (Lipinski definition) is 1. The van der Waals surface area contributed by atoms with E-state index in [1.54, 1.807) is 24.3 Å². The Morgan fingerprint density at radius 2 is 1.80 bits per heavy atom. The Kier molecular flexibility index (Phi) is 4.67. The quantitative estimate of drug-likeness (QED) is 0.664. The number of hydrogen-bond acceptors (Lipinski definition) is 2.